The average molecular weight is 322 g/mol. The van der Waals surface area contributed by atoms with Gasteiger partial charge in [-0.05, 0) is 48.5 Å². The highest BCUT2D eigenvalue weighted by Crippen LogP contribution is 2.31. The number of aryl methyl sites for hydroxylation is 2. The van der Waals surface area contributed by atoms with Crippen molar-refractivity contribution >= 4 is 15.9 Å². The molecule has 0 fully saturated rings. The van der Waals surface area contributed by atoms with Crippen LogP contribution in [0.4, 0.5) is 0 Å². The van der Waals surface area contributed by atoms with Gasteiger partial charge in [-0.15, -0.1) is 0 Å². The highest BCUT2D eigenvalue weighted by molar-refractivity contribution is 9.10. The second-order valence-corrected chi connectivity index (χ2v) is 5.65. The Morgan fingerprint density at radius 2 is 2.05 bits per heavy atom. The van der Waals surface area contributed by atoms with Crippen LogP contribution in [0.15, 0.2) is 22.8 Å². The zero-order valence-corrected chi connectivity index (χ0v) is 13.5. The topological polar surface area (TPSA) is 29.9 Å². The molecule has 2 rings (SSSR count). The molecule has 4 heteroatoms. The van der Waals surface area contributed by atoms with Crippen LogP contribution in [0.5, 0.6) is 0 Å². The van der Waals surface area contributed by atoms with Crippen LogP contribution in [0.25, 0.3) is 11.3 Å². The lowest BCUT2D eigenvalue weighted by Gasteiger charge is -2.05. The third kappa shape index (κ3) is 2.90. The predicted molar refractivity (Wildman–Crippen MR) is 83.4 cm³/mol. The zero-order chi connectivity index (χ0) is 14.0. The van der Waals surface area contributed by atoms with Gasteiger partial charge in [0.2, 0.25) is 0 Å². The lowest BCUT2D eigenvalue weighted by molar-refractivity contribution is 0.713. The van der Waals surface area contributed by atoms with Crippen molar-refractivity contribution in [1.29, 1.82) is 0 Å². The van der Waals surface area contributed by atoms with Crippen LogP contribution < -0.4 is 5.32 Å². The first-order valence-corrected chi connectivity index (χ1v) is 7.27. The van der Waals surface area contributed by atoms with Gasteiger partial charge in [0.15, 0.2) is 0 Å². The summed E-state index contributed by atoms with van der Waals surface area (Å²) < 4.78 is 3.17. The van der Waals surface area contributed by atoms with Crippen molar-refractivity contribution in [1.82, 2.24) is 14.9 Å². The maximum absolute atomic E-state index is 4.80. The Balaban J connectivity index is 2.47. The van der Waals surface area contributed by atoms with E-state index in [4.69, 9.17) is 4.98 Å². The molecule has 0 aliphatic rings. The molecule has 0 bridgehead atoms. The molecule has 1 aromatic heterocycles. The molecule has 0 atom stereocenters. The van der Waals surface area contributed by atoms with Gasteiger partial charge in [-0.1, -0.05) is 17.7 Å². The molecule has 0 spiro atoms. The smallest absolute Gasteiger partial charge is 0.112 e. The minimum absolute atomic E-state index is 0.927. The Morgan fingerprint density at radius 3 is 2.74 bits per heavy atom. The normalized spacial score (nSPS) is 11.0. The van der Waals surface area contributed by atoms with E-state index in [2.05, 4.69) is 64.9 Å². The molecule has 0 amide bonds. The quantitative estimate of drug-likeness (QED) is 0.937. The number of benzene rings is 1. The molecule has 1 aromatic carbocycles. The Kier molecular flexibility index (Phi) is 4.42. The van der Waals surface area contributed by atoms with Crippen LogP contribution in [-0.4, -0.2) is 23.1 Å². The van der Waals surface area contributed by atoms with Gasteiger partial charge in [0.05, 0.1) is 0 Å². The summed E-state index contributed by atoms with van der Waals surface area (Å²) in [5.41, 5.74) is 4.76. The van der Waals surface area contributed by atoms with E-state index in [-0.39, 0.29) is 0 Å². The number of rotatable bonds is 4. The third-order valence-electron chi connectivity index (χ3n) is 3.36. The van der Waals surface area contributed by atoms with Crippen molar-refractivity contribution in [2.24, 2.45) is 7.05 Å². The predicted octanol–water partition coefficient (Wildman–Crippen LogP) is 3.23. The van der Waals surface area contributed by atoms with E-state index in [0.29, 0.717) is 0 Å². The summed E-state index contributed by atoms with van der Waals surface area (Å²) in [5.74, 6) is 1.09. The third-order valence-corrected chi connectivity index (χ3v) is 4.27. The monoisotopic (exact) mass is 321 g/mol. The minimum atomic E-state index is 0.927. The van der Waals surface area contributed by atoms with E-state index in [1.807, 2.05) is 7.05 Å². The Bertz CT molecular complexity index is 587. The lowest BCUT2D eigenvalue weighted by atomic mass is 10.0. The summed E-state index contributed by atoms with van der Waals surface area (Å²) in [4.78, 5) is 4.80. The van der Waals surface area contributed by atoms with E-state index in [9.17, 15) is 0 Å². The average Bonchev–Trinajstić information content (AvgIpc) is 2.67. The molecule has 0 aliphatic carbocycles. The Hall–Kier alpha value is -1.13. The molecular formula is C15H20BrN3. The second kappa shape index (κ2) is 5.88. The van der Waals surface area contributed by atoms with Crippen LogP contribution in [0, 0.1) is 13.8 Å². The number of imidazole rings is 1. The van der Waals surface area contributed by atoms with Gasteiger partial charge in [-0.3, -0.25) is 0 Å². The number of hydrogen-bond acceptors (Lipinski definition) is 2. The Labute approximate surface area is 123 Å². The molecule has 0 unspecified atom stereocenters. The fourth-order valence-electron chi connectivity index (χ4n) is 2.15. The van der Waals surface area contributed by atoms with Crippen LogP contribution in [0.1, 0.15) is 17.0 Å². The highest BCUT2D eigenvalue weighted by atomic mass is 79.9. The maximum atomic E-state index is 4.80. The van der Waals surface area contributed by atoms with Gasteiger partial charge >= 0.3 is 0 Å². The molecule has 2 aromatic rings. The highest BCUT2D eigenvalue weighted by Gasteiger charge is 2.15. The molecule has 19 heavy (non-hydrogen) atoms. The van der Waals surface area contributed by atoms with E-state index >= 15 is 0 Å². The number of nitrogens with zero attached hydrogens (tertiary/aromatic N) is 2. The first-order valence-electron chi connectivity index (χ1n) is 6.48. The number of halogens is 1. The fraction of sp³-hybridized carbons (Fsp3) is 0.400. The standard InChI is InChI=1S/C15H20BrN3/c1-10-5-6-11(2)12(9-10)14-15(16)19(4)13(18-14)7-8-17-3/h5-6,9,17H,7-8H2,1-4H3. The fourth-order valence-corrected chi connectivity index (χ4v) is 2.65. The van der Waals surface area contributed by atoms with Gasteiger partial charge in [0.25, 0.3) is 0 Å². The summed E-state index contributed by atoms with van der Waals surface area (Å²) in [7, 11) is 4.01. The van der Waals surface area contributed by atoms with Gasteiger partial charge in [0.1, 0.15) is 16.1 Å². The molecule has 1 heterocycles. The van der Waals surface area contributed by atoms with Gasteiger partial charge in [-0.25, -0.2) is 4.98 Å². The van der Waals surface area contributed by atoms with Gasteiger partial charge in [-0.2, -0.15) is 0 Å². The van der Waals surface area contributed by atoms with Crippen molar-refractivity contribution in [3.63, 3.8) is 0 Å². The van der Waals surface area contributed by atoms with E-state index in [0.717, 1.165) is 29.1 Å². The van der Waals surface area contributed by atoms with Crippen molar-refractivity contribution in [2.75, 3.05) is 13.6 Å². The molecule has 0 saturated heterocycles. The summed E-state index contributed by atoms with van der Waals surface area (Å²) in [6.07, 6.45) is 0.927. The van der Waals surface area contributed by atoms with Crippen molar-refractivity contribution in [3.05, 3.63) is 39.8 Å². The molecular weight excluding hydrogens is 302 g/mol. The minimum Gasteiger partial charge on any atom is -0.325 e. The number of nitrogens with one attached hydrogen (secondary N) is 1. The second-order valence-electron chi connectivity index (χ2n) is 4.90. The van der Waals surface area contributed by atoms with Crippen LogP contribution in [0.3, 0.4) is 0 Å². The van der Waals surface area contributed by atoms with Crippen molar-refractivity contribution in [2.45, 2.75) is 20.3 Å². The van der Waals surface area contributed by atoms with Gasteiger partial charge in [0, 0.05) is 25.6 Å². The van der Waals surface area contributed by atoms with Crippen molar-refractivity contribution in [3.8, 4) is 11.3 Å². The largest absolute Gasteiger partial charge is 0.325 e. The maximum Gasteiger partial charge on any atom is 0.112 e. The van der Waals surface area contributed by atoms with E-state index < -0.39 is 0 Å². The van der Waals surface area contributed by atoms with Crippen LogP contribution >= 0.6 is 15.9 Å². The summed E-state index contributed by atoms with van der Waals surface area (Å²) in [5, 5.41) is 3.16. The molecule has 3 nitrogen and oxygen atoms in total. The van der Waals surface area contributed by atoms with E-state index in [1.165, 1.54) is 16.7 Å². The SMILES string of the molecule is CNCCc1nc(-c2cc(C)ccc2C)c(Br)n1C. The summed E-state index contributed by atoms with van der Waals surface area (Å²) in [6, 6.07) is 6.49. The zero-order valence-electron chi connectivity index (χ0n) is 11.9. The molecule has 0 radical (unpaired) electrons. The van der Waals surface area contributed by atoms with Gasteiger partial charge < -0.3 is 9.88 Å². The Morgan fingerprint density at radius 1 is 1.32 bits per heavy atom. The number of aromatic nitrogens is 2. The molecule has 102 valence electrons. The number of hydrogen-bond donors (Lipinski definition) is 1. The molecule has 1 N–H and O–H groups in total. The summed E-state index contributed by atoms with van der Waals surface area (Å²) >= 11 is 3.67. The first-order chi connectivity index (χ1) is 9.04. The summed E-state index contributed by atoms with van der Waals surface area (Å²) in [6.45, 7) is 5.17. The van der Waals surface area contributed by atoms with E-state index in [1.54, 1.807) is 0 Å². The number of likely N-dealkylation sites (N-methyl/N-ethyl adjacent to an activating group) is 1. The molecule has 0 aliphatic heterocycles. The van der Waals surface area contributed by atoms with Crippen molar-refractivity contribution < 1.29 is 0 Å². The van der Waals surface area contributed by atoms with Crippen LogP contribution in [0.2, 0.25) is 0 Å². The first kappa shape index (κ1) is 14.3. The van der Waals surface area contributed by atoms with Crippen LogP contribution in [-0.2, 0) is 13.5 Å². The lowest BCUT2D eigenvalue weighted by Crippen LogP contribution is -2.13. The molecule has 0 saturated carbocycles.